The molecule has 3 rings (SSSR count). The van der Waals surface area contributed by atoms with Gasteiger partial charge in [-0.15, -0.1) is 0 Å². The molecule has 28 heavy (non-hydrogen) atoms. The van der Waals surface area contributed by atoms with Gasteiger partial charge in [-0.2, -0.15) is 0 Å². The number of nitrogens with zero attached hydrogens (tertiary/aromatic N) is 2. The number of methoxy groups -OCH3 is 1. The molecule has 3 aromatic rings. The zero-order valence-electron chi connectivity index (χ0n) is 15.4. The van der Waals surface area contributed by atoms with Gasteiger partial charge in [-0.05, 0) is 37.3 Å². The summed E-state index contributed by atoms with van der Waals surface area (Å²) in [6.45, 7) is 2.07. The Labute approximate surface area is 167 Å². The fourth-order valence-corrected chi connectivity index (χ4v) is 2.76. The molecule has 0 aliphatic carbocycles. The lowest BCUT2D eigenvalue weighted by atomic mass is 10.2. The lowest BCUT2D eigenvalue weighted by Gasteiger charge is -2.12. The lowest BCUT2D eigenvalue weighted by Crippen LogP contribution is -2.08. The van der Waals surface area contributed by atoms with Crippen LogP contribution in [0.4, 0.5) is 23.0 Å². The average molecular weight is 399 g/mol. The van der Waals surface area contributed by atoms with Gasteiger partial charge in [0.25, 0.3) is 0 Å². The standard InChI is InChI=1S/C20H19ClN4O3/c1-3-28-20(26)14-6-4-5-7-16(14)25-19-11-18(22-12-23-19)24-13-8-9-17(27-2)15(21)10-13/h4-12H,3H2,1-2H3,(H2,22,23,24,25). The number of hydrogen-bond donors (Lipinski definition) is 2. The summed E-state index contributed by atoms with van der Waals surface area (Å²) in [7, 11) is 1.56. The highest BCUT2D eigenvalue weighted by Crippen LogP contribution is 2.29. The van der Waals surface area contributed by atoms with Gasteiger partial charge in [0.1, 0.15) is 23.7 Å². The molecule has 0 radical (unpaired) electrons. The topological polar surface area (TPSA) is 85.4 Å². The van der Waals surface area contributed by atoms with Crippen LogP contribution in [0.1, 0.15) is 17.3 Å². The van der Waals surface area contributed by atoms with Crippen molar-refractivity contribution in [2.24, 2.45) is 0 Å². The molecule has 2 aromatic carbocycles. The number of hydrogen-bond acceptors (Lipinski definition) is 7. The third kappa shape index (κ3) is 4.69. The van der Waals surface area contributed by atoms with Crippen LogP contribution in [0, 0.1) is 0 Å². The number of carbonyl (C=O) groups excluding carboxylic acids is 1. The summed E-state index contributed by atoms with van der Waals surface area (Å²) in [4.78, 5) is 20.5. The molecule has 1 heterocycles. The number of benzene rings is 2. The van der Waals surface area contributed by atoms with Crippen molar-refractivity contribution < 1.29 is 14.3 Å². The first kappa shape index (κ1) is 19.4. The summed E-state index contributed by atoms with van der Waals surface area (Å²) >= 11 is 6.15. The normalized spacial score (nSPS) is 10.2. The maximum absolute atomic E-state index is 12.1. The van der Waals surface area contributed by atoms with Crippen LogP contribution in [-0.2, 0) is 4.74 Å². The Bertz CT molecular complexity index is 981. The number of para-hydroxylation sites is 1. The number of anilines is 4. The molecule has 0 aliphatic heterocycles. The highest BCUT2D eigenvalue weighted by atomic mass is 35.5. The highest BCUT2D eigenvalue weighted by molar-refractivity contribution is 6.32. The summed E-state index contributed by atoms with van der Waals surface area (Å²) in [6.07, 6.45) is 1.42. The van der Waals surface area contributed by atoms with Crippen LogP contribution in [-0.4, -0.2) is 29.7 Å². The van der Waals surface area contributed by atoms with Crippen LogP contribution in [0.5, 0.6) is 5.75 Å². The number of carbonyl (C=O) groups is 1. The van der Waals surface area contributed by atoms with E-state index in [0.29, 0.717) is 40.3 Å². The maximum Gasteiger partial charge on any atom is 0.340 e. The van der Waals surface area contributed by atoms with Crippen molar-refractivity contribution >= 4 is 40.6 Å². The first-order chi connectivity index (χ1) is 13.6. The molecule has 7 nitrogen and oxygen atoms in total. The zero-order chi connectivity index (χ0) is 19.9. The second kappa shape index (κ2) is 9.05. The van der Waals surface area contributed by atoms with E-state index in [4.69, 9.17) is 21.1 Å². The van der Waals surface area contributed by atoms with Gasteiger partial charge in [0.15, 0.2) is 0 Å². The molecule has 0 atom stereocenters. The van der Waals surface area contributed by atoms with Gasteiger partial charge in [0, 0.05) is 11.8 Å². The predicted molar refractivity (Wildman–Crippen MR) is 109 cm³/mol. The molecule has 8 heteroatoms. The minimum absolute atomic E-state index is 0.305. The van der Waals surface area contributed by atoms with E-state index in [1.54, 1.807) is 50.4 Å². The fourth-order valence-electron chi connectivity index (χ4n) is 2.50. The monoisotopic (exact) mass is 398 g/mol. The highest BCUT2D eigenvalue weighted by Gasteiger charge is 2.12. The van der Waals surface area contributed by atoms with E-state index in [0.717, 1.165) is 5.69 Å². The van der Waals surface area contributed by atoms with Crippen LogP contribution in [0.15, 0.2) is 54.9 Å². The van der Waals surface area contributed by atoms with E-state index < -0.39 is 5.97 Å². The quantitative estimate of drug-likeness (QED) is 0.552. The SMILES string of the molecule is CCOC(=O)c1ccccc1Nc1cc(Nc2ccc(OC)c(Cl)c2)ncn1. The van der Waals surface area contributed by atoms with E-state index in [-0.39, 0.29) is 0 Å². The maximum atomic E-state index is 12.1. The molecule has 2 N–H and O–H groups in total. The molecule has 0 saturated heterocycles. The van der Waals surface area contributed by atoms with Crippen LogP contribution in [0.2, 0.25) is 5.02 Å². The molecule has 0 saturated carbocycles. The Kier molecular flexibility index (Phi) is 6.29. The first-order valence-electron chi connectivity index (χ1n) is 8.56. The van der Waals surface area contributed by atoms with Crippen LogP contribution in [0.25, 0.3) is 0 Å². The second-order valence-electron chi connectivity index (χ2n) is 5.65. The molecule has 1 aromatic heterocycles. The summed E-state index contributed by atoms with van der Waals surface area (Å²) in [5.74, 6) is 1.28. The van der Waals surface area contributed by atoms with E-state index in [9.17, 15) is 4.79 Å². The van der Waals surface area contributed by atoms with Gasteiger partial charge < -0.3 is 20.1 Å². The van der Waals surface area contributed by atoms with Crippen LogP contribution in [0.3, 0.4) is 0 Å². The lowest BCUT2D eigenvalue weighted by molar-refractivity contribution is 0.0527. The van der Waals surface area contributed by atoms with E-state index in [2.05, 4.69) is 20.6 Å². The smallest absolute Gasteiger partial charge is 0.340 e. The molecule has 0 aliphatic rings. The van der Waals surface area contributed by atoms with E-state index in [1.165, 1.54) is 6.33 Å². The molecule has 0 bridgehead atoms. The van der Waals surface area contributed by atoms with Crippen LogP contribution < -0.4 is 15.4 Å². The summed E-state index contributed by atoms with van der Waals surface area (Å²) in [5, 5.41) is 6.78. The number of nitrogens with one attached hydrogen (secondary N) is 2. The fraction of sp³-hybridized carbons (Fsp3) is 0.150. The molecule has 0 fully saturated rings. The number of ether oxygens (including phenoxy) is 2. The van der Waals surface area contributed by atoms with Gasteiger partial charge >= 0.3 is 5.97 Å². The third-order valence-electron chi connectivity index (χ3n) is 3.78. The second-order valence-corrected chi connectivity index (χ2v) is 6.06. The van der Waals surface area contributed by atoms with Crippen molar-refractivity contribution in [3.8, 4) is 5.75 Å². The van der Waals surface area contributed by atoms with Gasteiger partial charge in [-0.25, -0.2) is 14.8 Å². The van der Waals surface area contributed by atoms with E-state index in [1.807, 2.05) is 12.1 Å². The largest absolute Gasteiger partial charge is 0.495 e. The van der Waals surface area contributed by atoms with E-state index >= 15 is 0 Å². The van der Waals surface area contributed by atoms with Crippen LogP contribution >= 0.6 is 11.6 Å². The van der Waals surface area contributed by atoms with Gasteiger partial charge in [0.2, 0.25) is 0 Å². The summed E-state index contributed by atoms with van der Waals surface area (Å²) in [5.41, 5.74) is 1.78. The van der Waals surface area contributed by atoms with Crippen molar-refractivity contribution in [3.05, 3.63) is 65.4 Å². The molecule has 0 spiro atoms. The Balaban J connectivity index is 1.79. The van der Waals surface area contributed by atoms with Crippen molar-refractivity contribution in [1.29, 1.82) is 0 Å². The van der Waals surface area contributed by atoms with Gasteiger partial charge in [0.05, 0.1) is 30.0 Å². The molecule has 0 amide bonds. The Morgan fingerprint density at radius 3 is 2.54 bits per heavy atom. The molecule has 0 unspecified atom stereocenters. The van der Waals surface area contributed by atoms with Gasteiger partial charge in [-0.1, -0.05) is 23.7 Å². The minimum Gasteiger partial charge on any atom is -0.495 e. The predicted octanol–water partition coefficient (Wildman–Crippen LogP) is 4.80. The van der Waals surface area contributed by atoms with Crippen molar-refractivity contribution in [3.63, 3.8) is 0 Å². The Hall–Kier alpha value is -3.32. The minimum atomic E-state index is -0.397. The Morgan fingerprint density at radius 2 is 1.82 bits per heavy atom. The summed E-state index contributed by atoms with van der Waals surface area (Å²) < 4.78 is 10.2. The molecular weight excluding hydrogens is 380 g/mol. The number of esters is 1. The number of rotatable bonds is 7. The first-order valence-corrected chi connectivity index (χ1v) is 8.94. The van der Waals surface area contributed by atoms with Crippen molar-refractivity contribution in [2.75, 3.05) is 24.4 Å². The third-order valence-corrected chi connectivity index (χ3v) is 4.07. The van der Waals surface area contributed by atoms with Gasteiger partial charge in [-0.3, -0.25) is 0 Å². The summed E-state index contributed by atoms with van der Waals surface area (Å²) in [6, 6.07) is 14.1. The number of halogens is 1. The van der Waals surface area contributed by atoms with Crippen molar-refractivity contribution in [1.82, 2.24) is 9.97 Å². The number of aromatic nitrogens is 2. The Morgan fingerprint density at radius 1 is 1.07 bits per heavy atom. The zero-order valence-corrected chi connectivity index (χ0v) is 16.2. The molecule has 144 valence electrons. The average Bonchev–Trinajstić information content (AvgIpc) is 2.69. The van der Waals surface area contributed by atoms with Crippen molar-refractivity contribution in [2.45, 2.75) is 6.92 Å². The molecular formula is C20H19ClN4O3.